The van der Waals surface area contributed by atoms with Crippen LogP contribution in [0.1, 0.15) is 72.9 Å². The van der Waals surface area contributed by atoms with Gasteiger partial charge in [0.1, 0.15) is 11.3 Å². The molecule has 0 radical (unpaired) electrons. The minimum Gasteiger partial charge on any atom is -0.331 e. The molecular formula is C25H32N4O. The Labute approximate surface area is 179 Å². The summed E-state index contributed by atoms with van der Waals surface area (Å²) in [6.07, 6.45) is 6.64. The molecule has 1 aromatic carbocycles. The predicted octanol–water partition coefficient (Wildman–Crippen LogP) is 5.46. The van der Waals surface area contributed by atoms with E-state index in [1.54, 1.807) is 0 Å². The first-order valence-electron chi connectivity index (χ1n) is 11.1. The van der Waals surface area contributed by atoms with Crippen molar-refractivity contribution in [2.75, 3.05) is 6.54 Å². The Bertz CT molecular complexity index is 1050. The molecule has 5 nitrogen and oxygen atoms in total. The van der Waals surface area contributed by atoms with Crippen molar-refractivity contribution in [3.8, 4) is 0 Å². The fourth-order valence-corrected chi connectivity index (χ4v) is 4.52. The van der Waals surface area contributed by atoms with Crippen molar-refractivity contribution in [2.24, 2.45) is 5.92 Å². The topological polar surface area (TPSA) is 51.0 Å². The van der Waals surface area contributed by atoms with Crippen molar-refractivity contribution in [2.45, 2.75) is 66.0 Å². The van der Waals surface area contributed by atoms with E-state index in [9.17, 15) is 4.79 Å². The number of hydrogen-bond donors (Lipinski definition) is 0. The van der Waals surface area contributed by atoms with Crippen molar-refractivity contribution >= 4 is 17.1 Å². The molecule has 0 N–H and O–H groups in total. The van der Waals surface area contributed by atoms with Crippen LogP contribution in [0.5, 0.6) is 0 Å². The molecule has 30 heavy (non-hydrogen) atoms. The molecule has 1 saturated carbocycles. The van der Waals surface area contributed by atoms with Gasteiger partial charge < -0.3 is 9.47 Å². The summed E-state index contributed by atoms with van der Waals surface area (Å²) in [6, 6.07) is 10.4. The maximum atomic E-state index is 13.5. The zero-order chi connectivity index (χ0) is 21.3. The van der Waals surface area contributed by atoms with E-state index in [1.165, 1.54) is 18.4 Å². The quantitative estimate of drug-likeness (QED) is 0.548. The number of nitrogens with zero attached hydrogens (tertiary/aromatic N) is 4. The second kappa shape index (κ2) is 8.58. The third-order valence-electron chi connectivity index (χ3n) is 6.17. The van der Waals surface area contributed by atoms with Crippen LogP contribution in [0.15, 0.2) is 36.5 Å². The molecule has 5 heteroatoms. The van der Waals surface area contributed by atoms with E-state index >= 15 is 0 Å². The van der Waals surface area contributed by atoms with Gasteiger partial charge in [0.2, 0.25) is 0 Å². The molecule has 1 aliphatic rings. The Hall–Kier alpha value is -2.69. The Morgan fingerprint density at radius 1 is 1.17 bits per heavy atom. The Morgan fingerprint density at radius 2 is 1.93 bits per heavy atom. The summed E-state index contributed by atoms with van der Waals surface area (Å²) >= 11 is 0. The number of hydrogen-bond acceptors (Lipinski definition) is 3. The van der Waals surface area contributed by atoms with Gasteiger partial charge in [-0.1, -0.05) is 32.8 Å². The van der Waals surface area contributed by atoms with E-state index in [-0.39, 0.29) is 5.91 Å². The van der Waals surface area contributed by atoms with Gasteiger partial charge in [-0.05, 0) is 68.0 Å². The molecule has 1 fully saturated rings. The fraction of sp³-hybridized carbons (Fsp3) is 0.480. The molecule has 0 unspecified atom stereocenters. The molecule has 2 heterocycles. The van der Waals surface area contributed by atoms with E-state index < -0.39 is 0 Å². The monoisotopic (exact) mass is 404 g/mol. The number of amides is 1. The average Bonchev–Trinajstić information content (AvgIpc) is 3.35. The van der Waals surface area contributed by atoms with Crippen LogP contribution < -0.4 is 0 Å². The van der Waals surface area contributed by atoms with Gasteiger partial charge in [-0.15, -0.1) is 0 Å². The molecule has 1 amide bonds. The lowest BCUT2D eigenvalue weighted by molar-refractivity contribution is 0.0715. The maximum absolute atomic E-state index is 13.5. The summed E-state index contributed by atoms with van der Waals surface area (Å²) in [5.41, 5.74) is 4.97. The lowest BCUT2D eigenvalue weighted by Gasteiger charge is -2.26. The first-order valence-corrected chi connectivity index (χ1v) is 11.1. The average molecular weight is 405 g/mol. The van der Waals surface area contributed by atoms with Crippen molar-refractivity contribution < 1.29 is 4.79 Å². The van der Waals surface area contributed by atoms with Gasteiger partial charge in [0.15, 0.2) is 5.65 Å². The standard InChI is InChI=1S/C25H32N4O/c1-17(2)15-28(25(30)20-12-11-18(3)19(4)14-20)16-23-27-22-10-7-13-26-24(22)29(23)21-8-5-6-9-21/h7,10-14,17,21H,5-6,8-9,15-16H2,1-4H3. The van der Waals surface area contributed by atoms with E-state index in [0.29, 0.717) is 25.0 Å². The van der Waals surface area contributed by atoms with E-state index in [4.69, 9.17) is 4.98 Å². The van der Waals surface area contributed by atoms with Gasteiger partial charge in [-0.3, -0.25) is 4.79 Å². The molecule has 0 spiro atoms. The van der Waals surface area contributed by atoms with Crippen LogP contribution in [-0.4, -0.2) is 31.9 Å². The third-order valence-corrected chi connectivity index (χ3v) is 6.17. The molecule has 0 saturated heterocycles. The molecule has 1 aliphatic carbocycles. The van der Waals surface area contributed by atoms with Crippen LogP contribution in [-0.2, 0) is 6.54 Å². The number of rotatable bonds is 6. The molecular weight excluding hydrogens is 372 g/mol. The summed E-state index contributed by atoms with van der Waals surface area (Å²) < 4.78 is 2.31. The zero-order valence-corrected chi connectivity index (χ0v) is 18.6. The van der Waals surface area contributed by atoms with Crippen molar-refractivity contribution in [1.82, 2.24) is 19.4 Å². The summed E-state index contributed by atoms with van der Waals surface area (Å²) in [4.78, 5) is 25.0. The second-order valence-corrected chi connectivity index (χ2v) is 9.06. The van der Waals surface area contributed by atoms with Crippen LogP contribution in [0, 0.1) is 19.8 Å². The number of aryl methyl sites for hydroxylation is 2. The number of pyridine rings is 1. The van der Waals surface area contributed by atoms with Gasteiger partial charge in [0.25, 0.3) is 5.91 Å². The van der Waals surface area contributed by atoms with Crippen molar-refractivity contribution in [3.05, 3.63) is 59.0 Å². The molecule has 158 valence electrons. The fourth-order valence-electron chi connectivity index (χ4n) is 4.52. The molecule has 0 atom stereocenters. The number of carbonyl (C=O) groups is 1. The first kappa shape index (κ1) is 20.6. The first-order chi connectivity index (χ1) is 14.4. The van der Waals surface area contributed by atoms with Gasteiger partial charge in [-0.2, -0.15) is 0 Å². The number of carbonyl (C=O) groups excluding carboxylic acids is 1. The van der Waals surface area contributed by atoms with Crippen LogP contribution >= 0.6 is 0 Å². The summed E-state index contributed by atoms with van der Waals surface area (Å²) in [6.45, 7) is 9.66. The number of imidazole rings is 1. The molecule has 0 bridgehead atoms. The second-order valence-electron chi connectivity index (χ2n) is 9.06. The molecule has 0 aliphatic heterocycles. The van der Waals surface area contributed by atoms with E-state index in [2.05, 4.69) is 37.2 Å². The highest BCUT2D eigenvalue weighted by Crippen LogP contribution is 2.33. The highest BCUT2D eigenvalue weighted by atomic mass is 16.2. The van der Waals surface area contributed by atoms with Crippen LogP contribution in [0.25, 0.3) is 11.2 Å². The zero-order valence-electron chi connectivity index (χ0n) is 18.6. The lowest BCUT2D eigenvalue weighted by atomic mass is 10.0. The minimum atomic E-state index is 0.0739. The Balaban J connectivity index is 1.71. The normalized spacial score (nSPS) is 14.7. The van der Waals surface area contributed by atoms with Gasteiger partial charge in [-0.25, -0.2) is 9.97 Å². The Kier molecular flexibility index (Phi) is 5.89. The van der Waals surface area contributed by atoms with E-state index in [1.807, 2.05) is 41.4 Å². The summed E-state index contributed by atoms with van der Waals surface area (Å²) in [5.74, 6) is 1.40. The van der Waals surface area contributed by atoms with Crippen LogP contribution in [0.2, 0.25) is 0 Å². The molecule has 3 aromatic rings. The SMILES string of the molecule is Cc1ccc(C(=O)N(Cc2nc3cccnc3n2C2CCCC2)CC(C)C)cc1C. The summed E-state index contributed by atoms with van der Waals surface area (Å²) in [5, 5.41) is 0. The maximum Gasteiger partial charge on any atom is 0.254 e. The smallest absolute Gasteiger partial charge is 0.254 e. The largest absolute Gasteiger partial charge is 0.331 e. The number of fused-ring (bicyclic) bond motifs is 1. The number of aromatic nitrogens is 3. The van der Waals surface area contributed by atoms with Gasteiger partial charge in [0, 0.05) is 24.3 Å². The minimum absolute atomic E-state index is 0.0739. The molecule has 4 rings (SSSR count). The number of benzene rings is 1. The molecule has 2 aromatic heterocycles. The summed E-state index contributed by atoms with van der Waals surface area (Å²) in [7, 11) is 0. The van der Waals surface area contributed by atoms with Gasteiger partial charge >= 0.3 is 0 Å². The Morgan fingerprint density at radius 3 is 2.63 bits per heavy atom. The van der Waals surface area contributed by atoms with Crippen LogP contribution in [0.3, 0.4) is 0 Å². The van der Waals surface area contributed by atoms with Crippen molar-refractivity contribution in [1.29, 1.82) is 0 Å². The van der Waals surface area contributed by atoms with Gasteiger partial charge in [0.05, 0.1) is 6.54 Å². The third kappa shape index (κ3) is 4.11. The van der Waals surface area contributed by atoms with E-state index in [0.717, 1.165) is 41.0 Å². The predicted molar refractivity (Wildman–Crippen MR) is 121 cm³/mol. The van der Waals surface area contributed by atoms with Crippen LogP contribution in [0.4, 0.5) is 0 Å². The lowest BCUT2D eigenvalue weighted by Crippen LogP contribution is -2.35. The van der Waals surface area contributed by atoms with Crippen molar-refractivity contribution in [3.63, 3.8) is 0 Å². The highest BCUT2D eigenvalue weighted by molar-refractivity contribution is 5.94. The highest BCUT2D eigenvalue weighted by Gasteiger charge is 2.26.